The van der Waals surface area contributed by atoms with Gasteiger partial charge in [0.1, 0.15) is 11.6 Å². The van der Waals surface area contributed by atoms with E-state index in [4.69, 9.17) is 27.9 Å². The molecular weight excluding hydrogens is 533 g/mol. The molecule has 2 aromatic carbocycles. The van der Waals surface area contributed by atoms with Crippen LogP contribution in [0.1, 0.15) is 74.1 Å². The van der Waals surface area contributed by atoms with Gasteiger partial charge in [-0.15, -0.1) is 0 Å². The van der Waals surface area contributed by atoms with E-state index in [0.29, 0.717) is 27.6 Å². The van der Waals surface area contributed by atoms with E-state index in [2.05, 4.69) is 20.7 Å². The summed E-state index contributed by atoms with van der Waals surface area (Å²) >= 11 is 12.3. The van der Waals surface area contributed by atoms with Crippen molar-refractivity contribution in [2.75, 3.05) is 13.7 Å². The summed E-state index contributed by atoms with van der Waals surface area (Å²) < 4.78 is 9.89. The molecule has 2 aromatic rings. The van der Waals surface area contributed by atoms with E-state index < -0.39 is 35.7 Å². The van der Waals surface area contributed by atoms with Crippen molar-refractivity contribution in [3.63, 3.8) is 0 Å². The molecule has 0 aliphatic carbocycles. The number of methoxy groups -OCH3 is 1. The largest absolute Gasteiger partial charge is 0.469 e. The number of ether oxygens (including phenoxy) is 2. The summed E-state index contributed by atoms with van der Waals surface area (Å²) in [5.41, 5.74) is 0.778. The third-order valence-corrected chi connectivity index (χ3v) is 5.72. The smallest absolute Gasteiger partial charge is 0.408 e. The Balaban J connectivity index is 2.19. The molecule has 0 radical (unpaired) electrons. The molecule has 0 aliphatic heterocycles. The molecule has 2 unspecified atom stereocenters. The van der Waals surface area contributed by atoms with Gasteiger partial charge in [0.15, 0.2) is 0 Å². The van der Waals surface area contributed by atoms with Crippen LogP contribution >= 0.6 is 23.2 Å². The van der Waals surface area contributed by atoms with Gasteiger partial charge in [-0.2, -0.15) is 0 Å². The van der Waals surface area contributed by atoms with Crippen molar-refractivity contribution in [1.82, 2.24) is 16.0 Å². The standard InChI is InChI=1S/C27H33Cl2N3O6/c1-6-21(16-7-9-17(10-8-16)24(34)30-12-11-22(33)37-5)31-25(35)23(32-26(36)38-27(2,3)4)18-13-19(28)15-20(29)14-18/h7-10,13-15,21,23H,6,11-12H2,1-5H3,(H,30,34)(H,31,35)(H,32,36). The highest BCUT2D eigenvalue weighted by molar-refractivity contribution is 6.34. The third-order valence-electron chi connectivity index (χ3n) is 5.28. The van der Waals surface area contributed by atoms with Crippen LogP contribution in [0.25, 0.3) is 0 Å². The van der Waals surface area contributed by atoms with Crippen molar-refractivity contribution < 1.29 is 28.7 Å². The lowest BCUT2D eigenvalue weighted by atomic mass is 10.0. The number of alkyl carbamates (subject to hydrolysis) is 1. The van der Waals surface area contributed by atoms with Crippen molar-refractivity contribution in [3.8, 4) is 0 Å². The van der Waals surface area contributed by atoms with Crippen LogP contribution in [0.15, 0.2) is 42.5 Å². The highest BCUT2D eigenvalue weighted by Crippen LogP contribution is 2.26. The Labute approximate surface area is 232 Å². The number of benzene rings is 2. The highest BCUT2D eigenvalue weighted by Gasteiger charge is 2.28. The number of nitrogens with one attached hydrogen (secondary N) is 3. The number of halogens is 2. The van der Waals surface area contributed by atoms with Gasteiger partial charge >= 0.3 is 12.1 Å². The summed E-state index contributed by atoms with van der Waals surface area (Å²) in [6.45, 7) is 7.20. The van der Waals surface area contributed by atoms with Crippen molar-refractivity contribution in [3.05, 3.63) is 69.2 Å². The predicted molar refractivity (Wildman–Crippen MR) is 145 cm³/mol. The molecule has 0 aliphatic rings. The van der Waals surface area contributed by atoms with Gasteiger partial charge in [0.05, 0.1) is 19.6 Å². The second-order valence-electron chi connectivity index (χ2n) is 9.46. The van der Waals surface area contributed by atoms with Crippen LogP contribution in [0, 0.1) is 0 Å². The van der Waals surface area contributed by atoms with Gasteiger partial charge in [-0.25, -0.2) is 4.79 Å². The Morgan fingerprint density at radius 2 is 1.53 bits per heavy atom. The quantitative estimate of drug-likeness (QED) is 0.343. The second-order valence-corrected chi connectivity index (χ2v) is 10.3. The molecule has 0 fully saturated rings. The first-order chi connectivity index (χ1) is 17.8. The molecule has 0 bridgehead atoms. The van der Waals surface area contributed by atoms with Crippen molar-refractivity contribution in [1.29, 1.82) is 0 Å². The van der Waals surface area contributed by atoms with Gasteiger partial charge in [-0.1, -0.05) is 42.3 Å². The van der Waals surface area contributed by atoms with E-state index in [0.717, 1.165) is 5.56 Å². The van der Waals surface area contributed by atoms with Crippen LogP contribution in [0.5, 0.6) is 0 Å². The molecule has 3 amide bonds. The summed E-state index contributed by atoms with van der Waals surface area (Å²) in [6, 6.07) is 9.79. The lowest BCUT2D eigenvalue weighted by Crippen LogP contribution is -2.43. The molecule has 9 nitrogen and oxygen atoms in total. The summed E-state index contributed by atoms with van der Waals surface area (Å²) in [5.74, 6) is -1.25. The lowest BCUT2D eigenvalue weighted by molar-refractivity contribution is -0.140. The highest BCUT2D eigenvalue weighted by atomic mass is 35.5. The monoisotopic (exact) mass is 565 g/mol. The summed E-state index contributed by atoms with van der Waals surface area (Å²) in [5, 5.41) is 8.82. The van der Waals surface area contributed by atoms with Gasteiger partial charge < -0.3 is 25.4 Å². The first kappa shape index (κ1) is 30.9. The Hall–Kier alpha value is -3.30. The molecule has 0 saturated carbocycles. The van der Waals surface area contributed by atoms with E-state index in [1.165, 1.54) is 13.2 Å². The Morgan fingerprint density at radius 3 is 2.05 bits per heavy atom. The zero-order valence-electron chi connectivity index (χ0n) is 22.0. The van der Waals surface area contributed by atoms with Crippen LogP contribution in [0.3, 0.4) is 0 Å². The van der Waals surface area contributed by atoms with Crippen molar-refractivity contribution in [2.45, 2.75) is 58.2 Å². The van der Waals surface area contributed by atoms with Gasteiger partial charge in [0, 0.05) is 22.2 Å². The number of amides is 3. The van der Waals surface area contributed by atoms with E-state index in [-0.39, 0.29) is 18.9 Å². The maximum absolute atomic E-state index is 13.4. The Morgan fingerprint density at radius 1 is 0.921 bits per heavy atom. The number of rotatable bonds is 10. The number of hydrogen-bond acceptors (Lipinski definition) is 6. The summed E-state index contributed by atoms with van der Waals surface area (Å²) in [7, 11) is 1.28. The minimum absolute atomic E-state index is 0.0700. The average molecular weight is 566 g/mol. The second kappa shape index (κ2) is 14.0. The summed E-state index contributed by atoms with van der Waals surface area (Å²) in [6.07, 6.45) is -0.170. The zero-order chi connectivity index (χ0) is 28.5. The van der Waals surface area contributed by atoms with Crippen LogP contribution in [-0.2, 0) is 19.1 Å². The van der Waals surface area contributed by atoms with Crippen LogP contribution in [-0.4, -0.2) is 43.1 Å². The molecule has 0 aromatic heterocycles. The first-order valence-electron chi connectivity index (χ1n) is 12.0. The molecule has 206 valence electrons. The number of hydrogen-bond donors (Lipinski definition) is 3. The lowest BCUT2D eigenvalue weighted by Gasteiger charge is -2.26. The van der Waals surface area contributed by atoms with Crippen LogP contribution in [0.4, 0.5) is 4.79 Å². The van der Waals surface area contributed by atoms with E-state index in [9.17, 15) is 19.2 Å². The van der Waals surface area contributed by atoms with Gasteiger partial charge in [0.2, 0.25) is 5.91 Å². The zero-order valence-corrected chi connectivity index (χ0v) is 23.5. The normalized spacial score (nSPS) is 12.6. The topological polar surface area (TPSA) is 123 Å². The van der Waals surface area contributed by atoms with Crippen molar-refractivity contribution in [2.24, 2.45) is 0 Å². The van der Waals surface area contributed by atoms with E-state index >= 15 is 0 Å². The first-order valence-corrected chi connectivity index (χ1v) is 12.8. The van der Waals surface area contributed by atoms with Crippen LogP contribution < -0.4 is 16.0 Å². The summed E-state index contributed by atoms with van der Waals surface area (Å²) in [4.78, 5) is 49.5. The molecular formula is C27H33Cl2N3O6. The van der Waals surface area contributed by atoms with E-state index in [1.54, 1.807) is 57.2 Å². The number of esters is 1. The average Bonchev–Trinajstić information content (AvgIpc) is 2.83. The SMILES string of the molecule is CCC(NC(=O)C(NC(=O)OC(C)(C)C)c1cc(Cl)cc(Cl)c1)c1ccc(C(=O)NCCC(=O)OC)cc1. The minimum atomic E-state index is -1.13. The molecule has 0 heterocycles. The maximum Gasteiger partial charge on any atom is 0.408 e. The van der Waals surface area contributed by atoms with Crippen LogP contribution in [0.2, 0.25) is 10.0 Å². The number of carbonyl (C=O) groups is 4. The molecule has 0 spiro atoms. The molecule has 2 atom stereocenters. The van der Waals surface area contributed by atoms with E-state index in [1.807, 2.05) is 6.92 Å². The molecule has 38 heavy (non-hydrogen) atoms. The molecule has 2 rings (SSSR count). The fourth-order valence-corrected chi connectivity index (χ4v) is 4.04. The predicted octanol–water partition coefficient (Wildman–Crippen LogP) is 5.12. The van der Waals surface area contributed by atoms with Gasteiger partial charge in [-0.3, -0.25) is 14.4 Å². The fraction of sp³-hybridized carbons (Fsp3) is 0.407. The van der Waals surface area contributed by atoms with Gasteiger partial charge in [-0.05, 0) is 68.7 Å². The molecule has 0 saturated heterocycles. The third kappa shape index (κ3) is 9.87. The van der Waals surface area contributed by atoms with Crippen molar-refractivity contribution >= 4 is 47.1 Å². The number of carbonyl (C=O) groups excluding carboxylic acids is 4. The Bertz CT molecular complexity index is 1130. The maximum atomic E-state index is 13.4. The molecule has 3 N–H and O–H groups in total. The minimum Gasteiger partial charge on any atom is -0.469 e. The Kier molecular flexibility index (Phi) is 11.4. The molecule has 11 heteroatoms. The van der Waals surface area contributed by atoms with Gasteiger partial charge in [0.25, 0.3) is 5.91 Å². The fourth-order valence-electron chi connectivity index (χ4n) is 3.49.